The molecule has 4 nitrogen and oxygen atoms in total. The molecule has 1 saturated carbocycles. The highest BCUT2D eigenvalue weighted by Crippen LogP contribution is 2.30. The zero-order valence-electron chi connectivity index (χ0n) is 12.7. The molecule has 1 aliphatic rings. The van der Waals surface area contributed by atoms with Crippen LogP contribution in [0.4, 0.5) is 0 Å². The van der Waals surface area contributed by atoms with Crippen molar-refractivity contribution >= 4 is 11.8 Å². The van der Waals surface area contributed by atoms with E-state index < -0.39 is 11.4 Å². The number of esters is 1. The molecule has 0 saturated heterocycles. The van der Waals surface area contributed by atoms with Crippen LogP contribution in [0.5, 0.6) is 0 Å². The predicted octanol–water partition coefficient (Wildman–Crippen LogP) is 2.27. The van der Waals surface area contributed by atoms with Gasteiger partial charge in [0.15, 0.2) is 5.78 Å². The summed E-state index contributed by atoms with van der Waals surface area (Å²) in [6, 6.07) is 0. The minimum atomic E-state index is -1.04. The Morgan fingerprint density at radius 1 is 1.26 bits per heavy atom. The summed E-state index contributed by atoms with van der Waals surface area (Å²) >= 11 is 0. The van der Waals surface area contributed by atoms with E-state index in [0.29, 0.717) is 13.2 Å². The van der Waals surface area contributed by atoms with Crippen LogP contribution in [0.1, 0.15) is 47.0 Å². The quantitative estimate of drug-likeness (QED) is 0.476. The fourth-order valence-electron chi connectivity index (χ4n) is 2.04. The van der Waals surface area contributed by atoms with Gasteiger partial charge in [0.1, 0.15) is 5.41 Å². The first-order chi connectivity index (χ1) is 8.91. The molecular weight excluding hydrogens is 242 g/mol. The molecular formula is C15H27NO3. The molecule has 0 amide bonds. The molecule has 0 aromatic carbocycles. The van der Waals surface area contributed by atoms with Crippen molar-refractivity contribution < 1.29 is 14.3 Å². The number of carbonyl (C=O) groups excluding carboxylic acids is 2. The highest BCUT2D eigenvalue weighted by atomic mass is 16.5. The number of ketones is 1. The van der Waals surface area contributed by atoms with Crippen LogP contribution in [0.2, 0.25) is 0 Å². The Morgan fingerprint density at radius 3 is 2.37 bits per heavy atom. The highest BCUT2D eigenvalue weighted by molar-refractivity contribution is 6.03. The summed E-state index contributed by atoms with van der Waals surface area (Å²) in [5.41, 5.74) is -1.04. The van der Waals surface area contributed by atoms with Crippen LogP contribution in [0, 0.1) is 11.3 Å². The molecule has 0 heterocycles. The molecule has 1 rings (SSSR count). The molecule has 1 aliphatic carbocycles. The summed E-state index contributed by atoms with van der Waals surface area (Å²) in [5.74, 6) is 0.299. The lowest BCUT2D eigenvalue weighted by Gasteiger charge is -2.26. The van der Waals surface area contributed by atoms with Crippen molar-refractivity contribution in [3.05, 3.63) is 0 Å². The summed E-state index contributed by atoms with van der Waals surface area (Å²) in [6.07, 6.45) is 3.57. The first-order valence-electron chi connectivity index (χ1n) is 7.34. The maximum atomic E-state index is 12.3. The van der Waals surface area contributed by atoms with Gasteiger partial charge in [0.05, 0.1) is 13.2 Å². The largest absolute Gasteiger partial charge is 0.465 e. The van der Waals surface area contributed by atoms with Gasteiger partial charge in [-0.3, -0.25) is 14.5 Å². The maximum absolute atomic E-state index is 12.3. The Kier molecular flexibility index (Phi) is 5.98. The molecule has 0 aromatic rings. The maximum Gasteiger partial charge on any atom is 0.319 e. The van der Waals surface area contributed by atoms with Crippen molar-refractivity contribution in [1.29, 1.82) is 0 Å². The van der Waals surface area contributed by atoms with E-state index in [1.54, 1.807) is 20.8 Å². The topological polar surface area (TPSA) is 46.6 Å². The second-order valence-electron chi connectivity index (χ2n) is 5.95. The summed E-state index contributed by atoms with van der Waals surface area (Å²) in [4.78, 5) is 26.3. The molecule has 110 valence electrons. The molecule has 0 aliphatic heterocycles. The van der Waals surface area contributed by atoms with E-state index in [4.69, 9.17) is 4.74 Å². The van der Waals surface area contributed by atoms with Crippen LogP contribution in [0.3, 0.4) is 0 Å². The number of ether oxygens (including phenoxy) is 1. The van der Waals surface area contributed by atoms with Crippen molar-refractivity contribution in [3.8, 4) is 0 Å². The molecule has 0 N–H and O–H groups in total. The number of hydrogen-bond acceptors (Lipinski definition) is 4. The van der Waals surface area contributed by atoms with Crippen LogP contribution >= 0.6 is 0 Å². The normalized spacial score (nSPS) is 15.6. The molecule has 4 heteroatoms. The molecule has 19 heavy (non-hydrogen) atoms. The van der Waals surface area contributed by atoms with Crippen molar-refractivity contribution in [1.82, 2.24) is 4.90 Å². The van der Waals surface area contributed by atoms with E-state index in [1.807, 2.05) is 0 Å². The Balaban J connectivity index is 2.55. The standard InChI is InChI=1S/C15H27NO3/c1-5-9-16(10-12-7-8-12)11-13(17)15(3,4)14(18)19-6-2/h12H,5-11H2,1-4H3. The van der Waals surface area contributed by atoms with E-state index in [1.165, 1.54) is 12.8 Å². The second kappa shape index (κ2) is 7.04. The molecule has 1 fully saturated rings. The van der Waals surface area contributed by atoms with Crippen molar-refractivity contribution in [2.75, 3.05) is 26.2 Å². The first kappa shape index (κ1) is 16.2. The number of Topliss-reactive ketones (excluding diaryl/α,β-unsaturated/α-hetero) is 1. The fraction of sp³-hybridized carbons (Fsp3) is 0.867. The Morgan fingerprint density at radius 2 is 1.89 bits per heavy atom. The zero-order valence-corrected chi connectivity index (χ0v) is 12.7. The fourth-order valence-corrected chi connectivity index (χ4v) is 2.04. The van der Waals surface area contributed by atoms with E-state index >= 15 is 0 Å². The van der Waals surface area contributed by atoms with Crippen LogP contribution in [0.25, 0.3) is 0 Å². The number of nitrogens with zero attached hydrogens (tertiary/aromatic N) is 1. The van der Waals surface area contributed by atoms with Crippen LogP contribution in [-0.4, -0.2) is 42.9 Å². The summed E-state index contributed by atoms with van der Waals surface area (Å²) < 4.78 is 4.98. The third-order valence-electron chi connectivity index (χ3n) is 3.60. The lowest BCUT2D eigenvalue weighted by Crippen LogP contribution is -2.43. The van der Waals surface area contributed by atoms with Crippen molar-refractivity contribution in [2.24, 2.45) is 11.3 Å². The van der Waals surface area contributed by atoms with Gasteiger partial charge < -0.3 is 4.74 Å². The highest BCUT2D eigenvalue weighted by Gasteiger charge is 2.38. The number of carbonyl (C=O) groups is 2. The van der Waals surface area contributed by atoms with E-state index in [-0.39, 0.29) is 5.78 Å². The SMILES string of the molecule is CCCN(CC(=O)C(C)(C)C(=O)OCC)CC1CC1. The van der Waals surface area contributed by atoms with Gasteiger partial charge in [-0.2, -0.15) is 0 Å². The molecule has 0 atom stereocenters. The van der Waals surface area contributed by atoms with Crippen LogP contribution in [-0.2, 0) is 14.3 Å². The van der Waals surface area contributed by atoms with E-state index in [2.05, 4.69) is 11.8 Å². The first-order valence-corrected chi connectivity index (χ1v) is 7.34. The van der Waals surface area contributed by atoms with Crippen LogP contribution in [0.15, 0.2) is 0 Å². The summed E-state index contributed by atoms with van der Waals surface area (Å²) in [7, 11) is 0. The molecule has 0 radical (unpaired) electrons. The Hall–Kier alpha value is -0.900. The van der Waals surface area contributed by atoms with Gasteiger partial charge in [0.2, 0.25) is 0 Å². The molecule has 0 spiro atoms. The van der Waals surface area contributed by atoms with Gasteiger partial charge in [-0.05, 0) is 52.5 Å². The van der Waals surface area contributed by atoms with Crippen molar-refractivity contribution in [2.45, 2.75) is 47.0 Å². The van der Waals surface area contributed by atoms with E-state index in [0.717, 1.165) is 25.4 Å². The Labute approximate surface area is 116 Å². The predicted molar refractivity (Wildman–Crippen MR) is 74.9 cm³/mol. The minimum Gasteiger partial charge on any atom is -0.465 e. The molecule has 0 unspecified atom stereocenters. The smallest absolute Gasteiger partial charge is 0.319 e. The van der Waals surface area contributed by atoms with E-state index in [9.17, 15) is 9.59 Å². The van der Waals surface area contributed by atoms with Gasteiger partial charge in [-0.25, -0.2) is 0 Å². The van der Waals surface area contributed by atoms with Crippen molar-refractivity contribution in [3.63, 3.8) is 0 Å². The number of rotatable bonds is 9. The minimum absolute atomic E-state index is 0.0416. The summed E-state index contributed by atoms with van der Waals surface area (Å²) in [6.45, 7) is 9.77. The summed E-state index contributed by atoms with van der Waals surface area (Å²) in [5, 5.41) is 0. The average molecular weight is 269 g/mol. The Bertz CT molecular complexity index is 321. The third kappa shape index (κ3) is 4.94. The monoisotopic (exact) mass is 269 g/mol. The lowest BCUT2D eigenvalue weighted by molar-refractivity contribution is -0.158. The van der Waals surface area contributed by atoms with Gasteiger partial charge in [0, 0.05) is 6.54 Å². The lowest BCUT2D eigenvalue weighted by atomic mass is 9.87. The van der Waals surface area contributed by atoms with Gasteiger partial charge in [-0.1, -0.05) is 6.92 Å². The van der Waals surface area contributed by atoms with Gasteiger partial charge >= 0.3 is 5.97 Å². The average Bonchev–Trinajstić information content (AvgIpc) is 3.13. The van der Waals surface area contributed by atoms with Gasteiger partial charge in [0.25, 0.3) is 0 Å². The number of hydrogen-bond donors (Lipinski definition) is 0. The molecule has 0 bridgehead atoms. The van der Waals surface area contributed by atoms with Gasteiger partial charge in [-0.15, -0.1) is 0 Å². The zero-order chi connectivity index (χ0) is 14.5. The second-order valence-corrected chi connectivity index (χ2v) is 5.95. The third-order valence-corrected chi connectivity index (χ3v) is 3.60. The molecule has 0 aromatic heterocycles. The van der Waals surface area contributed by atoms with Crippen LogP contribution < -0.4 is 0 Å².